The van der Waals surface area contributed by atoms with E-state index in [1.807, 2.05) is 0 Å². The van der Waals surface area contributed by atoms with Gasteiger partial charge in [-0.1, -0.05) is 12.2 Å². The Hall–Kier alpha value is -1.36. The number of amides is 1. The van der Waals surface area contributed by atoms with Gasteiger partial charge in [0.2, 0.25) is 0 Å². The fourth-order valence-corrected chi connectivity index (χ4v) is 0.954. The molecule has 0 saturated carbocycles. The average molecular weight is 212 g/mol. The minimum absolute atomic E-state index is 0.252. The van der Waals surface area contributed by atoms with E-state index in [-0.39, 0.29) is 22.7 Å². The van der Waals surface area contributed by atoms with Gasteiger partial charge in [0.15, 0.2) is 5.76 Å². The maximum atomic E-state index is 11.5. The molecule has 4 nitrogen and oxygen atoms in total. The number of nitrogens with two attached hydrogens (primary N) is 1. The van der Waals surface area contributed by atoms with Crippen molar-refractivity contribution in [1.29, 1.82) is 0 Å². The Balaban J connectivity index is 2.63. The predicted octanol–water partition coefficient (Wildman–Crippen LogP) is 0.992. The van der Waals surface area contributed by atoms with Crippen LogP contribution in [0.2, 0.25) is 0 Å². The van der Waals surface area contributed by atoms with Gasteiger partial charge in [-0.25, -0.2) is 0 Å². The molecular formula is C9H12N2O2S. The van der Waals surface area contributed by atoms with Gasteiger partial charge < -0.3 is 15.5 Å². The summed E-state index contributed by atoms with van der Waals surface area (Å²) in [6, 6.07) is 3.00. The highest BCUT2D eigenvalue weighted by molar-refractivity contribution is 7.80. The molecule has 1 heterocycles. The molecule has 0 bridgehead atoms. The zero-order valence-corrected chi connectivity index (χ0v) is 8.85. The number of hydrogen-bond donors (Lipinski definition) is 2. The maximum absolute atomic E-state index is 11.5. The predicted molar refractivity (Wildman–Crippen MR) is 57.2 cm³/mol. The molecule has 1 unspecified atom stereocenters. The smallest absolute Gasteiger partial charge is 0.287 e. The van der Waals surface area contributed by atoms with Gasteiger partial charge in [0, 0.05) is 0 Å². The van der Waals surface area contributed by atoms with E-state index in [0.29, 0.717) is 5.76 Å². The van der Waals surface area contributed by atoms with Crippen molar-refractivity contribution in [3.05, 3.63) is 23.7 Å². The molecule has 0 spiro atoms. The SMILES string of the molecule is Cc1ccc(C(=O)NC(C)C(N)=S)o1. The first-order valence-corrected chi connectivity index (χ1v) is 4.58. The summed E-state index contributed by atoms with van der Waals surface area (Å²) in [5.74, 6) is 0.655. The van der Waals surface area contributed by atoms with Gasteiger partial charge in [0.25, 0.3) is 5.91 Å². The van der Waals surface area contributed by atoms with Crippen LogP contribution in [0.5, 0.6) is 0 Å². The van der Waals surface area contributed by atoms with Crippen molar-refractivity contribution in [2.75, 3.05) is 0 Å². The van der Waals surface area contributed by atoms with Crippen molar-refractivity contribution in [2.24, 2.45) is 5.73 Å². The molecule has 1 rings (SSSR count). The molecule has 0 aliphatic carbocycles. The zero-order valence-electron chi connectivity index (χ0n) is 8.03. The number of nitrogens with one attached hydrogen (secondary N) is 1. The Labute approximate surface area is 87.5 Å². The molecule has 0 aliphatic heterocycles. The van der Waals surface area contributed by atoms with Gasteiger partial charge in [0.1, 0.15) is 5.76 Å². The van der Waals surface area contributed by atoms with Crippen molar-refractivity contribution in [1.82, 2.24) is 5.32 Å². The summed E-state index contributed by atoms with van der Waals surface area (Å²) in [4.78, 5) is 11.7. The fourth-order valence-electron chi connectivity index (χ4n) is 0.895. The van der Waals surface area contributed by atoms with Crippen LogP contribution in [0, 0.1) is 6.92 Å². The molecule has 1 atom stereocenters. The summed E-state index contributed by atoms with van der Waals surface area (Å²) in [5.41, 5.74) is 5.35. The first-order chi connectivity index (χ1) is 6.50. The second-order valence-corrected chi connectivity index (χ2v) is 3.48. The van der Waals surface area contributed by atoms with Gasteiger partial charge in [-0.15, -0.1) is 0 Å². The Morgan fingerprint density at radius 1 is 1.64 bits per heavy atom. The van der Waals surface area contributed by atoms with Crippen LogP contribution >= 0.6 is 12.2 Å². The van der Waals surface area contributed by atoms with Gasteiger partial charge in [0.05, 0.1) is 11.0 Å². The van der Waals surface area contributed by atoms with Crippen LogP contribution in [0.3, 0.4) is 0 Å². The molecule has 1 aromatic rings. The van der Waals surface area contributed by atoms with E-state index in [4.69, 9.17) is 22.4 Å². The largest absolute Gasteiger partial charge is 0.456 e. The molecule has 1 aromatic heterocycles. The normalized spacial score (nSPS) is 12.1. The Kier molecular flexibility index (Phi) is 3.24. The number of carbonyl (C=O) groups is 1. The van der Waals surface area contributed by atoms with E-state index < -0.39 is 0 Å². The topological polar surface area (TPSA) is 68.3 Å². The standard InChI is InChI=1S/C9H12N2O2S/c1-5-3-4-7(13-5)9(12)11-6(2)8(10)14/h3-4,6H,1-2H3,(H2,10,14)(H,11,12). The van der Waals surface area contributed by atoms with E-state index in [0.717, 1.165) is 0 Å². The van der Waals surface area contributed by atoms with Crippen molar-refractivity contribution in [3.63, 3.8) is 0 Å². The van der Waals surface area contributed by atoms with Crippen LogP contribution in [-0.4, -0.2) is 16.9 Å². The lowest BCUT2D eigenvalue weighted by atomic mass is 10.3. The van der Waals surface area contributed by atoms with E-state index in [1.165, 1.54) is 0 Å². The third-order valence-corrected chi connectivity index (χ3v) is 2.09. The number of thiocarbonyl (C=S) groups is 1. The van der Waals surface area contributed by atoms with Crippen molar-refractivity contribution >= 4 is 23.1 Å². The summed E-state index contributed by atoms with van der Waals surface area (Å²) in [6.07, 6.45) is 0. The van der Waals surface area contributed by atoms with E-state index >= 15 is 0 Å². The lowest BCUT2D eigenvalue weighted by molar-refractivity contribution is 0.0920. The quantitative estimate of drug-likeness (QED) is 0.733. The highest BCUT2D eigenvalue weighted by Gasteiger charge is 2.13. The third kappa shape index (κ3) is 2.56. The first-order valence-electron chi connectivity index (χ1n) is 4.17. The van der Waals surface area contributed by atoms with Crippen LogP contribution in [0.15, 0.2) is 16.5 Å². The Bertz CT molecular complexity index is 359. The molecule has 3 N–H and O–H groups in total. The molecule has 0 aromatic carbocycles. The number of hydrogen-bond acceptors (Lipinski definition) is 3. The summed E-state index contributed by atoms with van der Waals surface area (Å²) in [7, 11) is 0. The molecule has 0 aliphatic rings. The molecule has 5 heteroatoms. The molecule has 0 saturated heterocycles. The molecule has 0 radical (unpaired) electrons. The lowest BCUT2D eigenvalue weighted by Gasteiger charge is -2.10. The highest BCUT2D eigenvalue weighted by atomic mass is 32.1. The lowest BCUT2D eigenvalue weighted by Crippen LogP contribution is -2.41. The third-order valence-electron chi connectivity index (χ3n) is 1.74. The highest BCUT2D eigenvalue weighted by Crippen LogP contribution is 2.05. The van der Waals surface area contributed by atoms with Crippen LogP contribution in [0.1, 0.15) is 23.2 Å². The van der Waals surface area contributed by atoms with Gasteiger partial charge in [-0.2, -0.15) is 0 Å². The van der Waals surface area contributed by atoms with Gasteiger partial charge in [-0.05, 0) is 26.0 Å². The minimum Gasteiger partial charge on any atom is -0.456 e. The van der Waals surface area contributed by atoms with Gasteiger partial charge >= 0.3 is 0 Å². The van der Waals surface area contributed by atoms with E-state index in [2.05, 4.69) is 5.32 Å². The second kappa shape index (κ2) is 4.23. The molecular weight excluding hydrogens is 200 g/mol. The van der Waals surface area contributed by atoms with Crippen LogP contribution < -0.4 is 11.1 Å². The van der Waals surface area contributed by atoms with Crippen LogP contribution in [0.25, 0.3) is 0 Å². The maximum Gasteiger partial charge on any atom is 0.287 e. The second-order valence-electron chi connectivity index (χ2n) is 3.01. The molecule has 0 fully saturated rings. The molecule has 1 amide bonds. The summed E-state index contributed by atoms with van der Waals surface area (Å²) >= 11 is 4.72. The zero-order chi connectivity index (χ0) is 10.7. The van der Waals surface area contributed by atoms with E-state index in [9.17, 15) is 4.79 Å². The summed E-state index contributed by atoms with van der Waals surface area (Å²) in [6.45, 7) is 3.49. The summed E-state index contributed by atoms with van der Waals surface area (Å²) < 4.78 is 5.13. The number of carbonyl (C=O) groups excluding carboxylic acids is 1. The molecule has 14 heavy (non-hydrogen) atoms. The van der Waals surface area contributed by atoms with Crippen molar-refractivity contribution < 1.29 is 9.21 Å². The van der Waals surface area contributed by atoms with Crippen LogP contribution in [-0.2, 0) is 0 Å². The minimum atomic E-state index is -0.331. The summed E-state index contributed by atoms with van der Waals surface area (Å²) in [5, 5.41) is 2.61. The molecule has 76 valence electrons. The fraction of sp³-hybridized carbons (Fsp3) is 0.333. The van der Waals surface area contributed by atoms with Crippen molar-refractivity contribution in [3.8, 4) is 0 Å². The van der Waals surface area contributed by atoms with Gasteiger partial charge in [-0.3, -0.25) is 4.79 Å². The van der Waals surface area contributed by atoms with Crippen molar-refractivity contribution in [2.45, 2.75) is 19.9 Å². The average Bonchev–Trinajstić information content (AvgIpc) is 2.51. The number of rotatable bonds is 3. The monoisotopic (exact) mass is 212 g/mol. The van der Waals surface area contributed by atoms with Crippen LogP contribution in [0.4, 0.5) is 0 Å². The Morgan fingerprint density at radius 2 is 2.29 bits per heavy atom. The number of furan rings is 1. The van der Waals surface area contributed by atoms with E-state index in [1.54, 1.807) is 26.0 Å². The number of aryl methyl sites for hydroxylation is 1. The first kappa shape index (κ1) is 10.7. The Morgan fingerprint density at radius 3 is 2.71 bits per heavy atom.